The minimum Gasteiger partial charge on any atom is -0.368 e. The van der Waals surface area contributed by atoms with Gasteiger partial charge in [-0.3, -0.25) is 14.4 Å². The number of carbonyl (C=O) groups is 3. The van der Waals surface area contributed by atoms with Crippen molar-refractivity contribution in [2.24, 2.45) is 5.10 Å². The highest BCUT2D eigenvalue weighted by Gasteiger charge is 2.24. The molecule has 27 heavy (non-hydrogen) atoms. The van der Waals surface area contributed by atoms with Crippen molar-refractivity contribution in [3.8, 4) is 0 Å². The van der Waals surface area contributed by atoms with E-state index in [0.29, 0.717) is 24.5 Å². The Hall–Kier alpha value is -2.61. The SMILES string of the molecule is CN1N=C(C(=O)NCC(=O)N2CCN(c3ccc(Cl)cc3)CC2)CCC1=O. The van der Waals surface area contributed by atoms with Crippen LogP contribution in [0.15, 0.2) is 29.4 Å². The van der Waals surface area contributed by atoms with Gasteiger partial charge in [-0.2, -0.15) is 5.10 Å². The van der Waals surface area contributed by atoms with E-state index in [-0.39, 0.29) is 30.5 Å². The predicted octanol–water partition coefficient (Wildman–Crippen LogP) is 0.713. The highest BCUT2D eigenvalue weighted by molar-refractivity contribution is 6.39. The second-order valence-electron chi connectivity index (χ2n) is 6.49. The van der Waals surface area contributed by atoms with Gasteiger partial charge in [0.2, 0.25) is 11.8 Å². The molecule has 1 aromatic carbocycles. The van der Waals surface area contributed by atoms with Gasteiger partial charge in [0.25, 0.3) is 5.91 Å². The van der Waals surface area contributed by atoms with Crippen LogP contribution in [0.1, 0.15) is 12.8 Å². The molecule has 1 fully saturated rings. The molecular weight excluding hydrogens is 370 g/mol. The van der Waals surface area contributed by atoms with E-state index in [0.717, 1.165) is 23.8 Å². The molecule has 2 aliphatic heterocycles. The van der Waals surface area contributed by atoms with Crippen molar-refractivity contribution in [3.05, 3.63) is 29.3 Å². The number of nitrogens with one attached hydrogen (secondary N) is 1. The number of amides is 3. The Bertz CT molecular complexity index is 757. The minimum atomic E-state index is -0.400. The molecule has 0 aliphatic carbocycles. The second-order valence-corrected chi connectivity index (χ2v) is 6.93. The maximum absolute atomic E-state index is 12.4. The van der Waals surface area contributed by atoms with Crippen molar-refractivity contribution >= 4 is 40.7 Å². The van der Waals surface area contributed by atoms with Crippen molar-refractivity contribution < 1.29 is 14.4 Å². The summed E-state index contributed by atoms with van der Waals surface area (Å²) in [6.45, 7) is 2.56. The molecule has 0 bridgehead atoms. The average molecular weight is 392 g/mol. The summed E-state index contributed by atoms with van der Waals surface area (Å²) in [5.41, 5.74) is 1.35. The largest absolute Gasteiger partial charge is 0.368 e. The van der Waals surface area contributed by atoms with Gasteiger partial charge in [-0.15, -0.1) is 0 Å². The average Bonchev–Trinajstić information content (AvgIpc) is 2.68. The lowest BCUT2D eigenvalue weighted by Crippen LogP contribution is -2.51. The zero-order chi connectivity index (χ0) is 19.4. The summed E-state index contributed by atoms with van der Waals surface area (Å²) in [6, 6.07) is 7.63. The van der Waals surface area contributed by atoms with Gasteiger partial charge in [0.1, 0.15) is 5.71 Å². The van der Waals surface area contributed by atoms with E-state index in [2.05, 4.69) is 15.3 Å². The van der Waals surface area contributed by atoms with Gasteiger partial charge in [-0.25, -0.2) is 5.01 Å². The summed E-state index contributed by atoms with van der Waals surface area (Å²) >= 11 is 5.91. The van der Waals surface area contributed by atoms with Gasteiger partial charge in [0.05, 0.1) is 6.54 Å². The van der Waals surface area contributed by atoms with Crippen molar-refractivity contribution in [1.82, 2.24) is 15.2 Å². The molecule has 0 radical (unpaired) electrons. The summed E-state index contributed by atoms with van der Waals surface area (Å²) in [5, 5.41) is 8.42. The quantitative estimate of drug-likeness (QED) is 0.819. The molecule has 0 atom stereocenters. The van der Waals surface area contributed by atoms with Gasteiger partial charge < -0.3 is 15.1 Å². The molecule has 8 nitrogen and oxygen atoms in total. The molecule has 2 aliphatic rings. The summed E-state index contributed by atoms with van der Waals surface area (Å²) in [4.78, 5) is 39.8. The Morgan fingerprint density at radius 1 is 1.11 bits per heavy atom. The first kappa shape index (κ1) is 19.2. The summed E-state index contributed by atoms with van der Waals surface area (Å²) in [7, 11) is 1.51. The number of rotatable bonds is 4. The number of carbonyl (C=O) groups excluding carboxylic acids is 3. The first-order chi connectivity index (χ1) is 12.9. The van der Waals surface area contributed by atoms with Crippen LogP contribution in [0.25, 0.3) is 0 Å². The van der Waals surface area contributed by atoms with Crippen molar-refractivity contribution in [3.63, 3.8) is 0 Å². The monoisotopic (exact) mass is 391 g/mol. The number of halogens is 1. The van der Waals surface area contributed by atoms with Gasteiger partial charge in [-0.05, 0) is 24.3 Å². The van der Waals surface area contributed by atoms with Crippen LogP contribution in [0.5, 0.6) is 0 Å². The number of piperazine rings is 1. The van der Waals surface area contributed by atoms with Gasteiger partial charge >= 0.3 is 0 Å². The Morgan fingerprint density at radius 3 is 2.41 bits per heavy atom. The van der Waals surface area contributed by atoms with Gasteiger partial charge in [-0.1, -0.05) is 11.6 Å². The third-order valence-electron chi connectivity index (χ3n) is 4.69. The van der Waals surface area contributed by atoms with Crippen molar-refractivity contribution in [1.29, 1.82) is 0 Å². The third-order valence-corrected chi connectivity index (χ3v) is 4.95. The Balaban J connectivity index is 1.46. The van der Waals surface area contributed by atoms with Crippen LogP contribution in [-0.4, -0.2) is 73.1 Å². The van der Waals surface area contributed by atoms with E-state index in [1.165, 1.54) is 7.05 Å². The number of benzene rings is 1. The fourth-order valence-corrected chi connectivity index (χ4v) is 3.19. The summed E-state index contributed by atoms with van der Waals surface area (Å²) in [5.74, 6) is -0.649. The maximum atomic E-state index is 12.4. The first-order valence-electron chi connectivity index (χ1n) is 8.84. The zero-order valence-corrected chi connectivity index (χ0v) is 15.9. The van der Waals surface area contributed by atoms with E-state index in [1.807, 2.05) is 24.3 Å². The normalized spacial score (nSPS) is 17.6. The lowest BCUT2D eigenvalue weighted by Gasteiger charge is -2.36. The lowest BCUT2D eigenvalue weighted by atomic mass is 10.1. The standard InChI is InChI=1S/C18H22ClN5O3/c1-22-16(25)7-6-15(21-22)18(27)20-12-17(26)24-10-8-23(9-11-24)14-4-2-13(19)3-5-14/h2-5H,6-12H2,1H3,(H,20,27). The molecule has 3 rings (SSSR count). The molecular formula is C18H22ClN5O3. The van der Waals surface area contributed by atoms with Crippen molar-refractivity contribution in [2.75, 3.05) is 44.7 Å². The highest BCUT2D eigenvalue weighted by Crippen LogP contribution is 2.19. The predicted molar refractivity (Wildman–Crippen MR) is 103 cm³/mol. The number of nitrogens with zero attached hydrogens (tertiary/aromatic N) is 4. The van der Waals surface area contributed by atoms with Gasteiger partial charge in [0.15, 0.2) is 0 Å². The Labute approximate surface area is 162 Å². The number of hydrogen-bond acceptors (Lipinski definition) is 5. The zero-order valence-electron chi connectivity index (χ0n) is 15.2. The second kappa shape index (κ2) is 8.39. The summed E-state index contributed by atoms with van der Waals surface area (Å²) < 4.78 is 0. The number of hydrogen-bond donors (Lipinski definition) is 1. The Kier molecular flexibility index (Phi) is 5.95. The molecule has 0 aromatic heterocycles. The third kappa shape index (κ3) is 4.77. The highest BCUT2D eigenvalue weighted by atomic mass is 35.5. The van der Waals surface area contributed by atoms with Crippen LogP contribution < -0.4 is 10.2 Å². The van der Waals surface area contributed by atoms with Gasteiger partial charge in [0, 0.05) is 56.8 Å². The molecule has 1 aromatic rings. The topological polar surface area (TPSA) is 85.3 Å². The van der Waals surface area contributed by atoms with E-state index in [9.17, 15) is 14.4 Å². The van der Waals surface area contributed by atoms with E-state index in [4.69, 9.17) is 11.6 Å². The molecule has 0 unspecified atom stereocenters. The molecule has 9 heteroatoms. The van der Waals surface area contributed by atoms with Crippen LogP contribution in [0, 0.1) is 0 Å². The van der Waals surface area contributed by atoms with Crippen LogP contribution in [0.4, 0.5) is 5.69 Å². The fourth-order valence-electron chi connectivity index (χ4n) is 3.07. The molecule has 0 saturated carbocycles. The Morgan fingerprint density at radius 2 is 1.78 bits per heavy atom. The lowest BCUT2D eigenvalue weighted by molar-refractivity contribution is -0.132. The molecule has 2 heterocycles. The van der Waals surface area contributed by atoms with E-state index < -0.39 is 5.91 Å². The smallest absolute Gasteiger partial charge is 0.267 e. The number of anilines is 1. The fraction of sp³-hybridized carbons (Fsp3) is 0.444. The molecule has 144 valence electrons. The molecule has 1 N–H and O–H groups in total. The van der Waals surface area contributed by atoms with E-state index >= 15 is 0 Å². The number of hydrazone groups is 1. The maximum Gasteiger partial charge on any atom is 0.267 e. The minimum absolute atomic E-state index is 0.0730. The van der Waals surface area contributed by atoms with Crippen molar-refractivity contribution in [2.45, 2.75) is 12.8 Å². The molecule has 1 saturated heterocycles. The molecule has 0 spiro atoms. The van der Waals surface area contributed by atoms with Crippen LogP contribution >= 0.6 is 11.6 Å². The van der Waals surface area contributed by atoms with E-state index in [1.54, 1.807) is 4.90 Å². The van der Waals surface area contributed by atoms with Crippen LogP contribution in [0.2, 0.25) is 5.02 Å². The first-order valence-corrected chi connectivity index (χ1v) is 9.22. The summed E-state index contributed by atoms with van der Waals surface area (Å²) in [6.07, 6.45) is 0.548. The van der Waals surface area contributed by atoms with Crippen LogP contribution in [-0.2, 0) is 14.4 Å². The molecule has 3 amide bonds. The van der Waals surface area contributed by atoms with Crippen LogP contribution in [0.3, 0.4) is 0 Å².